The van der Waals surface area contributed by atoms with Crippen LogP contribution in [-0.4, -0.2) is 38.8 Å². The second-order valence-corrected chi connectivity index (χ2v) is 6.09. The van der Waals surface area contributed by atoms with Crippen LogP contribution in [0, 0.1) is 0 Å². The van der Waals surface area contributed by atoms with Gasteiger partial charge < -0.3 is 10.6 Å². The summed E-state index contributed by atoms with van der Waals surface area (Å²) in [5, 5.41) is 0. The lowest BCUT2D eigenvalue weighted by molar-refractivity contribution is 0.0602. The SMILES string of the molecule is Nc1cncc(-c2ccc(C(=O)N3CC(c4ccncc4)C3)cc2)n1. The summed E-state index contributed by atoms with van der Waals surface area (Å²) in [6, 6.07) is 11.4. The molecule has 3 heterocycles. The number of hydrogen-bond donors (Lipinski definition) is 1. The molecular formula is C19H17N5O. The first-order valence-corrected chi connectivity index (χ1v) is 8.08. The van der Waals surface area contributed by atoms with E-state index in [0.29, 0.717) is 23.0 Å². The number of likely N-dealkylation sites (tertiary alicyclic amines) is 1. The molecule has 1 aliphatic rings. The zero-order valence-corrected chi connectivity index (χ0v) is 13.5. The van der Waals surface area contributed by atoms with Crippen molar-refractivity contribution in [2.24, 2.45) is 0 Å². The number of hydrogen-bond acceptors (Lipinski definition) is 5. The third kappa shape index (κ3) is 3.06. The molecule has 124 valence electrons. The maximum Gasteiger partial charge on any atom is 0.253 e. The van der Waals surface area contributed by atoms with E-state index in [0.717, 1.165) is 18.7 Å². The number of aromatic nitrogens is 3. The Morgan fingerprint density at radius 1 is 1.00 bits per heavy atom. The molecule has 4 rings (SSSR count). The molecule has 0 spiro atoms. The molecule has 1 aliphatic heterocycles. The van der Waals surface area contributed by atoms with Gasteiger partial charge in [-0.25, -0.2) is 4.98 Å². The van der Waals surface area contributed by atoms with E-state index in [-0.39, 0.29) is 5.91 Å². The lowest BCUT2D eigenvalue weighted by atomic mass is 9.91. The summed E-state index contributed by atoms with van der Waals surface area (Å²) in [5.41, 5.74) is 9.15. The lowest BCUT2D eigenvalue weighted by Gasteiger charge is -2.39. The Morgan fingerprint density at radius 3 is 2.40 bits per heavy atom. The van der Waals surface area contributed by atoms with E-state index in [4.69, 9.17) is 5.73 Å². The van der Waals surface area contributed by atoms with Crippen LogP contribution in [0.2, 0.25) is 0 Å². The van der Waals surface area contributed by atoms with Gasteiger partial charge in [0.2, 0.25) is 0 Å². The van der Waals surface area contributed by atoms with Crippen molar-refractivity contribution in [3.05, 3.63) is 72.3 Å². The van der Waals surface area contributed by atoms with Gasteiger partial charge in [0, 0.05) is 42.5 Å². The number of anilines is 1. The zero-order valence-electron chi connectivity index (χ0n) is 13.5. The van der Waals surface area contributed by atoms with Crippen molar-refractivity contribution in [2.45, 2.75) is 5.92 Å². The summed E-state index contributed by atoms with van der Waals surface area (Å²) in [5.74, 6) is 0.824. The van der Waals surface area contributed by atoms with Crippen molar-refractivity contribution in [3.63, 3.8) is 0 Å². The molecular weight excluding hydrogens is 314 g/mol. The molecule has 6 heteroatoms. The Labute approximate surface area is 145 Å². The van der Waals surface area contributed by atoms with E-state index in [2.05, 4.69) is 15.0 Å². The van der Waals surface area contributed by atoms with Crippen LogP contribution >= 0.6 is 0 Å². The second kappa shape index (κ2) is 6.32. The van der Waals surface area contributed by atoms with Gasteiger partial charge in [0.05, 0.1) is 18.1 Å². The van der Waals surface area contributed by atoms with Crippen LogP contribution in [0.4, 0.5) is 5.82 Å². The van der Waals surface area contributed by atoms with Gasteiger partial charge in [-0.3, -0.25) is 14.8 Å². The number of pyridine rings is 1. The van der Waals surface area contributed by atoms with Crippen LogP contribution in [0.5, 0.6) is 0 Å². The van der Waals surface area contributed by atoms with Crippen molar-refractivity contribution in [1.82, 2.24) is 19.9 Å². The molecule has 1 aromatic carbocycles. The third-order valence-electron chi connectivity index (χ3n) is 4.43. The fraction of sp³-hybridized carbons (Fsp3) is 0.158. The number of carbonyl (C=O) groups excluding carboxylic acids is 1. The van der Waals surface area contributed by atoms with Gasteiger partial charge in [0.25, 0.3) is 5.91 Å². The van der Waals surface area contributed by atoms with Crippen LogP contribution < -0.4 is 5.73 Å². The summed E-state index contributed by atoms with van der Waals surface area (Å²) >= 11 is 0. The number of nitrogen functional groups attached to an aromatic ring is 1. The zero-order chi connectivity index (χ0) is 17.2. The van der Waals surface area contributed by atoms with Gasteiger partial charge in [0.1, 0.15) is 5.82 Å². The van der Waals surface area contributed by atoms with E-state index in [9.17, 15) is 4.79 Å². The molecule has 1 fully saturated rings. The van der Waals surface area contributed by atoms with Crippen molar-refractivity contribution in [3.8, 4) is 11.3 Å². The highest BCUT2D eigenvalue weighted by Gasteiger charge is 2.32. The van der Waals surface area contributed by atoms with Gasteiger partial charge in [-0.2, -0.15) is 0 Å². The van der Waals surface area contributed by atoms with E-state index in [1.54, 1.807) is 18.6 Å². The normalized spacial score (nSPS) is 14.2. The van der Waals surface area contributed by atoms with Crippen molar-refractivity contribution in [1.29, 1.82) is 0 Å². The Hall–Kier alpha value is -3.28. The highest BCUT2D eigenvalue weighted by atomic mass is 16.2. The maximum absolute atomic E-state index is 12.6. The summed E-state index contributed by atoms with van der Waals surface area (Å²) in [6.45, 7) is 1.48. The summed E-state index contributed by atoms with van der Waals surface area (Å²) in [6.07, 6.45) is 6.74. The predicted molar refractivity (Wildman–Crippen MR) is 94.8 cm³/mol. The molecule has 0 bridgehead atoms. The topological polar surface area (TPSA) is 85.0 Å². The number of benzene rings is 1. The Balaban J connectivity index is 1.43. The molecule has 0 saturated carbocycles. The largest absolute Gasteiger partial charge is 0.382 e. The fourth-order valence-corrected chi connectivity index (χ4v) is 2.98. The van der Waals surface area contributed by atoms with Crippen LogP contribution in [0.1, 0.15) is 21.8 Å². The molecule has 2 aromatic heterocycles. The van der Waals surface area contributed by atoms with Crippen molar-refractivity contribution in [2.75, 3.05) is 18.8 Å². The molecule has 2 N–H and O–H groups in total. The van der Waals surface area contributed by atoms with Crippen molar-refractivity contribution < 1.29 is 4.79 Å². The Morgan fingerprint density at radius 2 is 1.72 bits per heavy atom. The Bertz CT molecular complexity index is 889. The number of nitrogens with two attached hydrogens (primary N) is 1. The van der Waals surface area contributed by atoms with E-state index in [1.165, 1.54) is 11.8 Å². The molecule has 0 atom stereocenters. The minimum absolute atomic E-state index is 0.0514. The van der Waals surface area contributed by atoms with Crippen LogP contribution in [0.15, 0.2) is 61.2 Å². The molecule has 1 saturated heterocycles. The second-order valence-electron chi connectivity index (χ2n) is 6.09. The number of amides is 1. The molecule has 6 nitrogen and oxygen atoms in total. The maximum atomic E-state index is 12.6. The first kappa shape index (κ1) is 15.3. The predicted octanol–water partition coefficient (Wildman–Crippen LogP) is 2.36. The van der Waals surface area contributed by atoms with Gasteiger partial charge in [-0.1, -0.05) is 12.1 Å². The number of carbonyl (C=O) groups is 1. The summed E-state index contributed by atoms with van der Waals surface area (Å²) < 4.78 is 0. The van der Waals surface area contributed by atoms with Crippen LogP contribution in [-0.2, 0) is 0 Å². The van der Waals surface area contributed by atoms with Crippen LogP contribution in [0.3, 0.4) is 0 Å². The molecule has 0 aliphatic carbocycles. The van der Waals surface area contributed by atoms with E-state index >= 15 is 0 Å². The van der Waals surface area contributed by atoms with E-state index in [1.807, 2.05) is 41.3 Å². The van der Waals surface area contributed by atoms with E-state index < -0.39 is 0 Å². The first-order chi connectivity index (χ1) is 12.2. The standard InChI is InChI=1S/C19H17N5O/c20-18-10-22-9-17(23-18)14-1-3-15(4-2-14)19(25)24-11-16(12-24)13-5-7-21-8-6-13/h1-10,16H,11-12H2,(H2,20,23). The molecule has 0 radical (unpaired) electrons. The van der Waals surface area contributed by atoms with Crippen LogP contribution in [0.25, 0.3) is 11.3 Å². The monoisotopic (exact) mass is 331 g/mol. The minimum atomic E-state index is 0.0514. The Kier molecular flexibility index (Phi) is 3.85. The quantitative estimate of drug-likeness (QED) is 0.796. The van der Waals surface area contributed by atoms with Crippen molar-refractivity contribution >= 4 is 11.7 Å². The van der Waals surface area contributed by atoms with Gasteiger partial charge in [0.15, 0.2) is 0 Å². The fourth-order valence-electron chi connectivity index (χ4n) is 2.98. The first-order valence-electron chi connectivity index (χ1n) is 8.08. The smallest absolute Gasteiger partial charge is 0.253 e. The highest BCUT2D eigenvalue weighted by Crippen LogP contribution is 2.28. The third-order valence-corrected chi connectivity index (χ3v) is 4.43. The number of rotatable bonds is 3. The minimum Gasteiger partial charge on any atom is -0.382 e. The number of nitrogens with zero attached hydrogens (tertiary/aromatic N) is 4. The van der Waals surface area contributed by atoms with Gasteiger partial charge in [-0.15, -0.1) is 0 Å². The highest BCUT2D eigenvalue weighted by molar-refractivity contribution is 5.95. The molecule has 25 heavy (non-hydrogen) atoms. The average molecular weight is 331 g/mol. The molecule has 3 aromatic rings. The lowest BCUT2D eigenvalue weighted by Crippen LogP contribution is -2.48. The van der Waals surface area contributed by atoms with Gasteiger partial charge >= 0.3 is 0 Å². The summed E-state index contributed by atoms with van der Waals surface area (Å²) in [7, 11) is 0. The molecule has 1 amide bonds. The average Bonchev–Trinajstić information content (AvgIpc) is 2.61. The molecule has 0 unspecified atom stereocenters. The van der Waals surface area contributed by atoms with Gasteiger partial charge in [-0.05, 0) is 29.8 Å². The summed E-state index contributed by atoms with van der Waals surface area (Å²) in [4.78, 5) is 26.7.